The third kappa shape index (κ3) is 2.67. The van der Waals surface area contributed by atoms with Crippen LogP contribution in [0, 0.1) is 0 Å². The second kappa shape index (κ2) is 4.08. The van der Waals surface area contributed by atoms with Crippen LogP contribution in [0.1, 0.15) is 12.6 Å². The zero-order chi connectivity index (χ0) is 8.10. The topological polar surface area (TPSA) is 35.3 Å². The van der Waals surface area contributed by atoms with Gasteiger partial charge in [-0.15, -0.1) is 0 Å². The molecule has 0 spiro atoms. The van der Waals surface area contributed by atoms with Crippen LogP contribution < -0.4 is 0 Å². The van der Waals surface area contributed by atoms with Crippen LogP contribution in [0.4, 0.5) is 0 Å². The number of hydrogen-bond acceptors (Lipinski definition) is 4. The number of ether oxygens (including phenoxy) is 1. The number of aromatic nitrogens is 1. The summed E-state index contributed by atoms with van der Waals surface area (Å²) in [7, 11) is 0. The van der Waals surface area contributed by atoms with E-state index in [0.717, 1.165) is 5.69 Å². The van der Waals surface area contributed by atoms with Crippen LogP contribution in [-0.4, -0.2) is 16.8 Å². The van der Waals surface area contributed by atoms with Gasteiger partial charge in [0.2, 0.25) is 0 Å². The van der Waals surface area contributed by atoms with Gasteiger partial charge in [0, 0.05) is 6.07 Å². The average molecular weight is 171 g/mol. The lowest BCUT2D eigenvalue weighted by Crippen LogP contribution is -2.04. The molecule has 1 aromatic heterocycles. The van der Waals surface area contributed by atoms with E-state index >= 15 is 0 Å². The van der Waals surface area contributed by atoms with Gasteiger partial charge >= 0.3 is 0 Å². The van der Waals surface area contributed by atoms with Crippen LogP contribution in [0.15, 0.2) is 16.9 Å². The van der Waals surface area contributed by atoms with Crippen molar-refractivity contribution >= 4 is 17.3 Å². The van der Waals surface area contributed by atoms with Gasteiger partial charge in [0.15, 0.2) is 5.05 Å². The van der Waals surface area contributed by atoms with Gasteiger partial charge in [0.25, 0.3) is 0 Å². The van der Waals surface area contributed by atoms with Crippen LogP contribution >= 0.6 is 12.2 Å². The average Bonchev–Trinajstić information content (AvgIpc) is 2.40. The Bertz CT molecular complexity index is 220. The van der Waals surface area contributed by atoms with Crippen LogP contribution in [0.3, 0.4) is 0 Å². The highest BCUT2D eigenvalue weighted by atomic mass is 32.1. The lowest BCUT2D eigenvalue weighted by Gasteiger charge is -2.00. The molecule has 3 nitrogen and oxygen atoms in total. The van der Waals surface area contributed by atoms with E-state index in [4.69, 9.17) is 17.0 Å². The van der Waals surface area contributed by atoms with E-state index in [2.05, 4.69) is 9.68 Å². The third-order valence-electron chi connectivity index (χ3n) is 1.12. The van der Waals surface area contributed by atoms with Crippen molar-refractivity contribution in [2.75, 3.05) is 6.61 Å². The second-order valence-electron chi connectivity index (χ2n) is 1.97. The van der Waals surface area contributed by atoms with Crippen LogP contribution in [0.2, 0.25) is 0 Å². The largest absolute Gasteiger partial charge is 0.487 e. The molecule has 0 radical (unpaired) electrons. The minimum Gasteiger partial charge on any atom is -0.487 e. The first-order valence-electron chi connectivity index (χ1n) is 3.38. The molecule has 0 aliphatic heterocycles. The molecule has 0 aromatic carbocycles. The van der Waals surface area contributed by atoms with Crippen molar-refractivity contribution in [3.05, 3.63) is 18.0 Å². The minimum atomic E-state index is 0.555. The van der Waals surface area contributed by atoms with E-state index in [1.54, 1.807) is 6.07 Å². The maximum absolute atomic E-state index is 5.06. The molecule has 0 saturated heterocycles. The molecule has 0 aliphatic rings. The quantitative estimate of drug-likeness (QED) is 0.647. The van der Waals surface area contributed by atoms with Crippen LogP contribution in [0.5, 0.6) is 0 Å². The smallest absolute Gasteiger partial charge is 0.165 e. The lowest BCUT2D eigenvalue weighted by atomic mass is 10.3. The van der Waals surface area contributed by atoms with Gasteiger partial charge in [0.05, 0.1) is 18.7 Å². The van der Waals surface area contributed by atoms with Crippen molar-refractivity contribution in [1.29, 1.82) is 0 Å². The molecule has 1 heterocycles. The number of rotatable bonds is 3. The number of hydrogen-bond donors (Lipinski definition) is 0. The van der Waals surface area contributed by atoms with E-state index < -0.39 is 0 Å². The van der Waals surface area contributed by atoms with Crippen molar-refractivity contribution in [2.24, 2.45) is 0 Å². The first-order valence-corrected chi connectivity index (χ1v) is 3.78. The first kappa shape index (κ1) is 8.20. The van der Waals surface area contributed by atoms with Crippen molar-refractivity contribution in [2.45, 2.75) is 13.3 Å². The standard InChI is InChI=1S/C7H9NO2S/c1-2-9-7(11)5-6-3-4-10-8-6/h3-4H,2,5H2,1H3. The molecule has 0 amide bonds. The summed E-state index contributed by atoms with van der Waals surface area (Å²) in [5, 5.41) is 4.25. The summed E-state index contributed by atoms with van der Waals surface area (Å²) >= 11 is 4.90. The monoisotopic (exact) mass is 171 g/mol. The lowest BCUT2D eigenvalue weighted by molar-refractivity contribution is 0.328. The molecule has 0 saturated carbocycles. The summed E-state index contributed by atoms with van der Waals surface area (Å²) in [6.07, 6.45) is 2.07. The summed E-state index contributed by atoms with van der Waals surface area (Å²) in [5.74, 6) is 0. The van der Waals surface area contributed by atoms with Crippen molar-refractivity contribution < 1.29 is 9.26 Å². The summed E-state index contributed by atoms with van der Waals surface area (Å²) in [5.41, 5.74) is 0.809. The summed E-state index contributed by atoms with van der Waals surface area (Å²) in [4.78, 5) is 0. The molecule has 0 aliphatic carbocycles. The normalized spacial score (nSPS) is 9.55. The molecule has 0 fully saturated rings. The van der Waals surface area contributed by atoms with E-state index in [-0.39, 0.29) is 0 Å². The van der Waals surface area contributed by atoms with E-state index in [1.807, 2.05) is 6.92 Å². The highest BCUT2D eigenvalue weighted by molar-refractivity contribution is 7.80. The van der Waals surface area contributed by atoms with Gasteiger partial charge in [-0.05, 0) is 19.1 Å². The zero-order valence-corrected chi connectivity index (χ0v) is 7.06. The Morgan fingerprint density at radius 1 is 1.82 bits per heavy atom. The van der Waals surface area contributed by atoms with Gasteiger partial charge in [-0.1, -0.05) is 5.16 Å². The molecule has 0 unspecified atom stereocenters. The Kier molecular flexibility index (Phi) is 3.04. The molecule has 0 atom stereocenters. The summed E-state index contributed by atoms with van der Waals surface area (Å²) in [6, 6.07) is 1.77. The highest BCUT2D eigenvalue weighted by Crippen LogP contribution is 1.98. The second-order valence-corrected chi connectivity index (χ2v) is 2.43. The molecule has 0 N–H and O–H groups in total. The Morgan fingerprint density at radius 3 is 3.18 bits per heavy atom. The minimum absolute atomic E-state index is 0.555. The van der Waals surface area contributed by atoms with E-state index in [9.17, 15) is 0 Å². The van der Waals surface area contributed by atoms with Crippen molar-refractivity contribution in [3.63, 3.8) is 0 Å². The molecular weight excluding hydrogens is 162 g/mol. The molecule has 11 heavy (non-hydrogen) atoms. The Hall–Kier alpha value is -0.900. The zero-order valence-electron chi connectivity index (χ0n) is 6.24. The Morgan fingerprint density at radius 2 is 2.64 bits per heavy atom. The van der Waals surface area contributed by atoms with E-state index in [0.29, 0.717) is 18.1 Å². The molecule has 4 heteroatoms. The van der Waals surface area contributed by atoms with Gasteiger partial charge in [-0.3, -0.25) is 0 Å². The van der Waals surface area contributed by atoms with Crippen LogP contribution in [0.25, 0.3) is 0 Å². The first-order chi connectivity index (χ1) is 5.33. The molecule has 60 valence electrons. The molecule has 1 aromatic rings. The Balaban J connectivity index is 2.37. The van der Waals surface area contributed by atoms with Gasteiger partial charge in [-0.25, -0.2) is 0 Å². The van der Waals surface area contributed by atoms with Crippen LogP contribution in [-0.2, 0) is 11.2 Å². The molecular formula is C7H9NO2S. The molecule has 1 rings (SSSR count). The number of thiocarbonyl (C=S) groups is 1. The fraction of sp³-hybridized carbons (Fsp3) is 0.429. The fourth-order valence-corrected chi connectivity index (χ4v) is 0.954. The van der Waals surface area contributed by atoms with Crippen molar-refractivity contribution in [1.82, 2.24) is 5.16 Å². The summed E-state index contributed by atoms with van der Waals surface area (Å²) in [6.45, 7) is 2.51. The maximum atomic E-state index is 5.06. The maximum Gasteiger partial charge on any atom is 0.165 e. The van der Waals surface area contributed by atoms with Gasteiger partial charge < -0.3 is 9.26 Å². The fourth-order valence-electron chi connectivity index (χ4n) is 0.689. The Labute approximate surface area is 70.3 Å². The summed E-state index contributed by atoms with van der Waals surface area (Å²) < 4.78 is 9.69. The third-order valence-corrected chi connectivity index (χ3v) is 1.38. The van der Waals surface area contributed by atoms with Gasteiger partial charge in [0.1, 0.15) is 6.26 Å². The van der Waals surface area contributed by atoms with Crippen molar-refractivity contribution in [3.8, 4) is 0 Å². The highest BCUT2D eigenvalue weighted by Gasteiger charge is 2.01. The predicted octanol–water partition coefficient (Wildman–Crippen LogP) is 1.58. The molecule has 0 bridgehead atoms. The van der Waals surface area contributed by atoms with E-state index in [1.165, 1.54) is 6.26 Å². The predicted molar refractivity (Wildman–Crippen MR) is 44.4 cm³/mol. The van der Waals surface area contributed by atoms with Gasteiger partial charge in [-0.2, -0.15) is 0 Å². The SMILES string of the molecule is CCOC(=S)Cc1ccon1. The number of nitrogens with zero attached hydrogens (tertiary/aromatic N) is 1.